The zero-order chi connectivity index (χ0) is 22.3. The quantitative estimate of drug-likeness (QED) is 0.359. The largest absolute Gasteiger partial charge is 0.497 e. The Morgan fingerprint density at radius 1 is 1.12 bits per heavy atom. The maximum Gasteiger partial charge on any atom is 0.222 e. The molecule has 4 rings (SSSR count). The first-order valence-electron chi connectivity index (χ1n) is 10.5. The van der Waals surface area contributed by atoms with E-state index in [1.807, 2.05) is 58.0 Å². The molecular weight excluding hydrogens is 448 g/mol. The Kier molecular flexibility index (Phi) is 7.68. The number of amides is 1. The summed E-state index contributed by atoms with van der Waals surface area (Å²) in [5.74, 6) is 2.39. The van der Waals surface area contributed by atoms with Gasteiger partial charge in [0.1, 0.15) is 5.75 Å². The normalized spacial score (nSPS) is 13.9. The van der Waals surface area contributed by atoms with E-state index in [1.54, 1.807) is 18.9 Å². The molecule has 7 nitrogen and oxygen atoms in total. The molecule has 0 saturated carbocycles. The van der Waals surface area contributed by atoms with Crippen molar-refractivity contribution in [1.29, 1.82) is 0 Å². The molecule has 1 saturated heterocycles. The van der Waals surface area contributed by atoms with E-state index in [2.05, 4.69) is 10.2 Å². The molecule has 0 spiro atoms. The van der Waals surface area contributed by atoms with Gasteiger partial charge in [-0.15, -0.1) is 10.2 Å². The predicted octanol–water partition coefficient (Wildman–Crippen LogP) is 4.33. The number of nitrogens with zero attached hydrogens (tertiary/aromatic N) is 4. The van der Waals surface area contributed by atoms with Crippen LogP contribution in [0, 0.1) is 0 Å². The number of aromatic nitrogens is 3. The molecule has 0 bridgehead atoms. The smallest absolute Gasteiger partial charge is 0.222 e. The third-order valence-electron chi connectivity index (χ3n) is 5.21. The third kappa shape index (κ3) is 5.26. The van der Waals surface area contributed by atoms with E-state index in [0.717, 1.165) is 34.3 Å². The average Bonchev–Trinajstić information content (AvgIpc) is 3.26. The van der Waals surface area contributed by atoms with Crippen molar-refractivity contribution in [3.63, 3.8) is 0 Å². The highest BCUT2D eigenvalue weighted by Crippen LogP contribution is 2.32. The second-order valence-corrected chi connectivity index (χ2v) is 8.73. The molecule has 0 N–H and O–H groups in total. The molecule has 2 aromatic carbocycles. The minimum atomic E-state index is 0.183. The summed E-state index contributed by atoms with van der Waals surface area (Å²) in [6, 6.07) is 15.3. The van der Waals surface area contributed by atoms with Crippen LogP contribution in [-0.4, -0.2) is 64.7 Å². The highest BCUT2D eigenvalue weighted by molar-refractivity contribution is 7.99. The van der Waals surface area contributed by atoms with Gasteiger partial charge < -0.3 is 14.4 Å². The van der Waals surface area contributed by atoms with Crippen LogP contribution in [0.4, 0.5) is 0 Å². The molecule has 32 heavy (non-hydrogen) atoms. The minimum Gasteiger partial charge on any atom is -0.497 e. The molecule has 0 radical (unpaired) electrons. The second-order valence-electron chi connectivity index (χ2n) is 7.26. The summed E-state index contributed by atoms with van der Waals surface area (Å²) < 4.78 is 12.6. The second kappa shape index (κ2) is 10.8. The lowest BCUT2D eigenvalue weighted by molar-refractivity contribution is -0.135. The Hall–Kier alpha value is -2.55. The van der Waals surface area contributed by atoms with Gasteiger partial charge in [0.05, 0.1) is 25.3 Å². The van der Waals surface area contributed by atoms with Gasteiger partial charge in [-0.2, -0.15) is 0 Å². The summed E-state index contributed by atoms with van der Waals surface area (Å²) in [6.45, 7) is 2.60. The maximum atomic E-state index is 12.4. The number of hydrogen-bond donors (Lipinski definition) is 0. The Labute approximate surface area is 196 Å². The number of carbonyl (C=O) groups excluding carboxylic acids is 1. The van der Waals surface area contributed by atoms with E-state index < -0.39 is 0 Å². The molecule has 1 aromatic heterocycles. The molecule has 0 unspecified atom stereocenters. The number of morpholine rings is 1. The maximum absolute atomic E-state index is 12.4. The first-order chi connectivity index (χ1) is 15.7. The van der Waals surface area contributed by atoms with Crippen molar-refractivity contribution in [1.82, 2.24) is 19.7 Å². The summed E-state index contributed by atoms with van der Waals surface area (Å²) in [6.07, 6.45) is 1.28. The number of halogens is 1. The van der Waals surface area contributed by atoms with Crippen LogP contribution in [0.1, 0.15) is 12.8 Å². The molecule has 2 heterocycles. The van der Waals surface area contributed by atoms with Crippen LogP contribution >= 0.6 is 23.4 Å². The number of ether oxygens (including phenoxy) is 2. The van der Waals surface area contributed by atoms with Crippen LogP contribution < -0.4 is 4.74 Å². The van der Waals surface area contributed by atoms with Crippen molar-refractivity contribution in [3.05, 3.63) is 53.6 Å². The molecular formula is C23H25ClN4O3S. The number of rotatable bonds is 8. The molecule has 168 valence electrons. The lowest BCUT2D eigenvalue weighted by atomic mass is 10.2. The Morgan fingerprint density at radius 2 is 1.88 bits per heavy atom. The fourth-order valence-electron chi connectivity index (χ4n) is 3.50. The van der Waals surface area contributed by atoms with Crippen molar-refractivity contribution in [2.24, 2.45) is 0 Å². The van der Waals surface area contributed by atoms with Crippen LogP contribution in [0.3, 0.4) is 0 Å². The Bertz CT molecular complexity index is 1050. The number of benzene rings is 2. The molecule has 0 atom stereocenters. The van der Waals surface area contributed by atoms with E-state index in [0.29, 0.717) is 43.6 Å². The van der Waals surface area contributed by atoms with Gasteiger partial charge >= 0.3 is 0 Å². The van der Waals surface area contributed by atoms with E-state index in [-0.39, 0.29) is 5.91 Å². The highest BCUT2D eigenvalue weighted by atomic mass is 35.5. The topological polar surface area (TPSA) is 69.5 Å². The lowest BCUT2D eigenvalue weighted by Crippen LogP contribution is -2.40. The number of hydrogen-bond acceptors (Lipinski definition) is 6. The molecule has 1 fully saturated rings. The standard InChI is InChI=1S/C23H25ClN4O3S/c1-30-18-10-8-17(9-11-18)28-22(19-5-2-3-6-20(19)24)25-26-23(28)32-16-4-7-21(29)27-12-14-31-15-13-27/h2-3,5-6,8-11H,4,7,12-16H2,1H3. The highest BCUT2D eigenvalue weighted by Gasteiger charge is 2.19. The molecule has 1 aliphatic heterocycles. The monoisotopic (exact) mass is 472 g/mol. The number of thioether (sulfide) groups is 1. The van der Waals surface area contributed by atoms with Gasteiger partial charge in [-0.25, -0.2) is 0 Å². The summed E-state index contributed by atoms with van der Waals surface area (Å²) >= 11 is 8.03. The van der Waals surface area contributed by atoms with Crippen LogP contribution in [0.25, 0.3) is 17.1 Å². The summed E-state index contributed by atoms with van der Waals surface area (Å²) in [4.78, 5) is 14.3. The molecule has 1 amide bonds. The Balaban J connectivity index is 1.51. The van der Waals surface area contributed by atoms with Gasteiger partial charge in [0.25, 0.3) is 0 Å². The van der Waals surface area contributed by atoms with Gasteiger partial charge in [0.15, 0.2) is 11.0 Å². The van der Waals surface area contributed by atoms with Gasteiger partial charge in [-0.3, -0.25) is 9.36 Å². The van der Waals surface area contributed by atoms with Crippen LogP contribution in [-0.2, 0) is 9.53 Å². The predicted molar refractivity (Wildman–Crippen MR) is 126 cm³/mol. The van der Waals surface area contributed by atoms with Crippen LogP contribution in [0.2, 0.25) is 5.02 Å². The first-order valence-corrected chi connectivity index (χ1v) is 11.9. The first kappa shape index (κ1) is 22.6. The van der Waals surface area contributed by atoms with Crippen molar-refractivity contribution >= 4 is 29.3 Å². The van der Waals surface area contributed by atoms with E-state index in [9.17, 15) is 4.79 Å². The average molecular weight is 473 g/mol. The van der Waals surface area contributed by atoms with Crippen molar-refractivity contribution in [2.75, 3.05) is 39.2 Å². The molecule has 3 aromatic rings. The van der Waals surface area contributed by atoms with E-state index in [4.69, 9.17) is 21.1 Å². The molecule has 9 heteroatoms. The summed E-state index contributed by atoms with van der Waals surface area (Å²) in [7, 11) is 1.64. The van der Waals surface area contributed by atoms with Gasteiger partial charge in [0.2, 0.25) is 5.91 Å². The van der Waals surface area contributed by atoms with E-state index in [1.165, 1.54) is 0 Å². The van der Waals surface area contributed by atoms with Gasteiger partial charge in [0, 0.05) is 36.5 Å². The summed E-state index contributed by atoms with van der Waals surface area (Å²) in [5, 5.41) is 10.2. The Morgan fingerprint density at radius 3 is 2.59 bits per heavy atom. The van der Waals surface area contributed by atoms with Crippen molar-refractivity contribution < 1.29 is 14.3 Å². The van der Waals surface area contributed by atoms with Gasteiger partial charge in [-0.1, -0.05) is 35.5 Å². The van der Waals surface area contributed by atoms with Crippen LogP contribution in [0.15, 0.2) is 53.7 Å². The number of methoxy groups -OCH3 is 1. The third-order valence-corrected chi connectivity index (χ3v) is 6.55. The van der Waals surface area contributed by atoms with Crippen molar-refractivity contribution in [3.8, 4) is 22.8 Å². The number of carbonyl (C=O) groups is 1. The zero-order valence-corrected chi connectivity index (χ0v) is 19.4. The molecule has 0 aliphatic carbocycles. The SMILES string of the molecule is COc1ccc(-n2c(SCCCC(=O)N3CCOCC3)nnc2-c2ccccc2Cl)cc1. The molecule has 1 aliphatic rings. The zero-order valence-electron chi connectivity index (χ0n) is 17.9. The lowest BCUT2D eigenvalue weighted by Gasteiger charge is -2.26. The van der Waals surface area contributed by atoms with Crippen LogP contribution in [0.5, 0.6) is 5.75 Å². The van der Waals surface area contributed by atoms with E-state index >= 15 is 0 Å². The fraction of sp³-hybridized carbons (Fsp3) is 0.348. The van der Waals surface area contributed by atoms with Crippen molar-refractivity contribution in [2.45, 2.75) is 18.0 Å². The summed E-state index contributed by atoms with van der Waals surface area (Å²) in [5.41, 5.74) is 1.73. The minimum absolute atomic E-state index is 0.183. The fourth-order valence-corrected chi connectivity index (χ4v) is 4.61. The van der Waals surface area contributed by atoms with Gasteiger partial charge in [-0.05, 0) is 42.8 Å².